The molecule has 2 N–H and O–H groups in total. The summed E-state index contributed by atoms with van der Waals surface area (Å²) in [6.07, 6.45) is 3.53. The molecular formula is C28H30N8O2S. The normalized spacial score (nSPS) is 17.4. The monoisotopic (exact) mass is 542 g/mol. The highest BCUT2D eigenvalue weighted by Gasteiger charge is 2.23. The minimum Gasteiger partial charge on any atom is -0.378 e. The van der Waals surface area contributed by atoms with Crippen molar-refractivity contribution in [1.82, 2.24) is 34.9 Å². The molecule has 200 valence electrons. The Morgan fingerprint density at radius 1 is 0.949 bits per heavy atom. The van der Waals surface area contributed by atoms with Gasteiger partial charge in [-0.05, 0) is 18.2 Å². The van der Waals surface area contributed by atoms with Crippen LogP contribution in [0.25, 0.3) is 32.5 Å². The highest BCUT2D eigenvalue weighted by molar-refractivity contribution is 7.19. The summed E-state index contributed by atoms with van der Waals surface area (Å²) < 4.78 is 6.77. The van der Waals surface area contributed by atoms with Crippen LogP contribution in [0.2, 0.25) is 0 Å². The second-order valence-electron chi connectivity index (χ2n) is 10.1. The summed E-state index contributed by atoms with van der Waals surface area (Å²) >= 11 is 1.80. The van der Waals surface area contributed by atoms with Crippen molar-refractivity contribution in [3.63, 3.8) is 0 Å². The average Bonchev–Trinajstić information content (AvgIpc) is 3.62. The van der Waals surface area contributed by atoms with Gasteiger partial charge in [0.15, 0.2) is 11.6 Å². The second kappa shape index (κ2) is 10.5. The number of ether oxygens (including phenoxy) is 1. The molecule has 0 bridgehead atoms. The predicted molar refractivity (Wildman–Crippen MR) is 153 cm³/mol. The van der Waals surface area contributed by atoms with Crippen molar-refractivity contribution in [1.29, 1.82) is 0 Å². The van der Waals surface area contributed by atoms with Gasteiger partial charge in [-0.15, -0.1) is 11.3 Å². The molecule has 39 heavy (non-hydrogen) atoms. The maximum atomic E-state index is 12.1. The highest BCUT2D eigenvalue weighted by atomic mass is 32.1. The lowest BCUT2D eigenvalue weighted by Gasteiger charge is -2.34. The number of piperazine rings is 1. The number of hydrogen-bond acceptors (Lipinski definition) is 9. The molecule has 1 aromatic carbocycles. The largest absolute Gasteiger partial charge is 0.378 e. The average molecular weight is 543 g/mol. The van der Waals surface area contributed by atoms with E-state index in [9.17, 15) is 4.79 Å². The van der Waals surface area contributed by atoms with Crippen LogP contribution >= 0.6 is 11.3 Å². The van der Waals surface area contributed by atoms with Gasteiger partial charge in [-0.1, -0.05) is 18.2 Å². The molecular weight excluding hydrogens is 512 g/mol. The summed E-state index contributed by atoms with van der Waals surface area (Å²) in [7, 11) is 0. The summed E-state index contributed by atoms with van der Waals surface area (Å²) in [6, 6.07) is 12.1. The molecule has 0 unspecified atom stereocenters. The van der Waals surface area contributed by atoms with E-state index in [-0.39, 0.29) is 5.56 Å². The van der Waals surface area contributed by atoms with Crippen LogP contribution in [-0.4, -0.2) is 87.4 Å². The van der Waals surface area contributed by atoms with Crippen LogP contribution in [0.15, 0.2) is 53.6 Å². The molecule has 0 aliphatic carbocycles. The van der Waals surface area contributed by atoms with Gasteiger partial charge in [0.05, 0.1) is 35.1 Å². The fourth-order valence-electron chi connectivity index (χ4n) is 5.46. The summed E-state index contributed by atoms with van der Waals surface area (Å²) in [6.45, 7) is 8.44. The zero-order chi connectivity index (χ0) is 26.2. The van der Waals surface area contributed by atoms with E-state index in [0.29, 0.717) is 19.8 Å². The number of thiophene rings is 1. The smallest absolute Gasteiger partial charge is 0.252 e. The van der Waals surface area contributed by atoms with Crippen molar-refractivity contribution < 1.29 is 4.74 Å². The van der Waals surface area contributed by atoms with Gasteiger partial charge >= 0.3 is 0 Å². The first kappa shape index (κ1) is 24.4. The molecule has 2 aliphatic heterocycles. The van der Waals surface area contributed by atoms with E-state index in [2.05, 4.69) is 42.0 Å². The number of rotatable bonds is 6. The van der Waals surface area contributed by atoms with Crippen molar-refractivity contribution in [2.45, 2.75) is 13.1 Å². The minimum atomic E-state index is 0.00534. The number of aromatic nitrogens is 5. The second-order valence-corrected chi connectivity index (χ2v) is 11.2. The van der Waals surface area contributed by atoms with Crippen molar-refractivity contribution in [2.75, 3.05) is 57.4 Å². The van der Waals surface area contributed by atoms with Crippen molar-refractivity contribution in [3.05, 3.63) is 69.6 Å². The van der Waals surface area contributed by atoms with Gasteiger partial charge in [0.1, 0.15) is 0 Å². The first-order chi connectivity index (χ1) is 19.2. The SMILES string of the molecule is O=c1[nH]cccc1CN1CCN(Cc2cc3nc(-c4cccc5[nH]ncc45)nc(N4CCOCC4)c3s2)CC1. The van der Waals surface area contributed by atoms with Crippen LogP contribution in [0.3, 0.4) is 0 Å². The molecule has 4 aromatic heterocycles. The van der Waals surface area contributed by atoms with Gasteiger partial charge < -0.3 is 14.6 Å². The third-order valence-electron chi connectivity index (χ3n) is 7.58. The molecule has 2 aliphatic rings. The van der Waals surface area contributed by atoms with E-state index in [1.807, 2.05) is 30.5 Å². The van der Waals surface area contributed by atoms with Gasteiger partial charge in [-0.25, -0.2) is 9.97 Å². The Hall–Kier alpha value is -3.64. The number of anilines is 1. The van der Waals surface area contributed by atoms with Gasteiger partial charge in [0, 0.05) is 79.9 Å². The molecule has 0 saturated carbocycles. The topological polar surface area (TPSA) is 106 Å². The van der Waals surface area contributed by atoms with Crippen LogP contribution in [0.1, 0.15) is 10.4 Å². The van der Waals surface area contributed by atoms with Crippen LogP contribution in [0, 0.1) is 0 Å². The zero-order valence-corrected chi connectivity index (χ0v) is 22.4. The third-order valence-corrected chi connectivity index (χ3v) is 8.68. The number of aromatic amines is 2. The number of nitrogens with zero attached hydrogens (tertiary/aromatic N) is 6. The summed E-state index contributed by atoms with van der Waals surface area (Å²) in [5, 5.41) is 8.31. The van der Waals surface area contributed by atoms with Crippen molar-refractivity contribution in [3.8, 4) is 11.4 Å². The molecule has 0 radical (unpaired) electrons. The Bertz CT molecular complexity index is 1660. The van der Waals surface area contributed by atoms with Crippen LogP contribution in [0.4, 0.5) is 5.82 Å². The van der Waals surface area contributed by atoms with Crippen molar-refractivity contribution in [2.24, 2.45) is 0 Å². The van der Waals surface area contributed by atoms with Gasteiger partial charge in [0.2, 0.25) is 0 Å². The number of benzene rings is 1. The van der Waals surface area contributed by atoms with Crippen molar-refractivity contribution >= 4 is 38.3 Å². The van der Waals surface area contributed by atoms with Crippen LogP contribution in [-0.2, 0) is 17.8 Å². The molecule has 6 heterocycles. The van der Waals surface area contributed by atoms with Gasteiger partial charge in [-0.3, -0.25) is 19.7 Å². The third kappa shape index (κ3) is 4.94. The maximum Gasteiger partial charge on any atom is 0.252 e. The van der Waals surface area contributed by atoms with E-state index >= 15 is 0 Å². The van der Waals surface area contributed by atoms with E-state index in [1.54, 1.807) is 17.5 Å². The highest BCUT2D eigenvalue weighted by Crippen LogP contribution is 2.36. The maximum absolute atomic E-state index is 12.1. The number of fused-ring (bicyclic) bond motifs is 2. The molecule has 11 heteroatoms. The first-order valence-corrected chi connectivity index (χ1v) is 14.2. The van der Waals surface area contributed by atoms with Gasteiger partial charge in [-0.2, -0.15) is 5.10 Å². The van der Waals surface area contributed by atoms with E-state index < -0.39 is 0 Å². The molecule has 2 fully saturated rings. The Morgan fingerprint density at radius 2 is 1.77 bits per heavy atom. The lowest BCUT2D eigenvalue weighted by atomic mass is 10.1. The van der Waals surface area contributed by atoms with Crippen LogP contribution < -0.4 is 10.5 Å². The fourth-order valence-corrected chi connectivity index (χ4v) is 6.62. The Balaban J connectivity index is 1.15. The Kier molecular flexibility index (Phi) is 6.57. The van der Waals surface area contributed by atoms with Crippen LogP contribution in [0.5, 0.6) is 0 Å². The molecule has 0 spiro atoms. The predicted octanol–water partition coefficient (Wildman–Crippen LogP) is 3.08. The molecule has 0 atom stereocenters. The van der Waals surface area contributed by atoms with E-state index in [4.69, 9.17) is 14.7 Å². The number of morpholine rings is 1. The summed E-state index contributed by atoms with van der Waals surface area (Å²) in [4.78, 5) is 33.5. The number of nitrogens with one attached hydrogen (secondary N) is 2. The number of H-pyrrole nitrogens is 2. The van der Waals surface area contributed by atoms with E-state index in [1.165, 1.54) is 4.88 Å². The Labute approximate surface area is 229 Å². The first-order valence-electron chi connectivity index (χ1n) is 13.4. The molecule has 5 aromatic rings. The lowest BCUT2D eigenvalue weighted by molar-refractivity contribution is 0.122. The summed E-state index contributed by atoms with van der Waals surface area (Å²) in [5.41, 5.74) is 3.78. The molecule has 10 nitrogen and oxygen atoms in total. The molecule has 2 saturated heterocycles. The molecule has 0 amide bonds. The lowest BCUT2D eigenvalue weighted by Crippen LogP contribution is -2.45. The number of hydrogen-bond donors (Lipinski definition) is 2. The minimum absolute atomic E-state index is 0.00534. The number of pyridine rings is 1. The fraction of sp³-hybridized carbons (Fsp3) is 0.357. The quantitative estimate of drug-likeness (QED) is 0.337. The summed E-state index contributed by atoms with van der Waals surface area (Å²) in [5.74, 6) is 1.72. The Morgan fingerprint density at radius 3 is 2.59 bits per heavy atom. The zero-order valence-electron chi connectivity index (χ0n) is 21.6. The van der Waals surface area contributed by atoms with Gasteiger partial charge in [0.25, 0.3) is 5.56 Å². The standard InChI is InChI=1S/C28H30N8O2S/c37-28-19(3-2-6-29-28)17-34-7-9-35(10-8-34)18-20-15-24-25(39-20)27(36-11-13-38-14-12-36)32-26(31-24)21-4-1-5-23-22(21)16-30-33-23/h1-6,15-16H,7-14,17-18H2,(H,29,37)(H,30,33). The van der Waals surface area contributed by atoms with E-state index in [0.717, 1.165) is 89.7 Å². The molecule has 7 rings (SSSR count).